The average molecular weight is 471 g/mol. The van der Waals surface area contributed by atoms with Crippen molar-refractivity contribution in [2.24, 2.45) is 0 Å². The zero-order valence-electron chi connectivity index (χ0n) is 15.2. The molecule has 0 bridgehead atoms. The Morgan fingerprint density at radius 3 is 2.38 bits per heavy atom. The van der Waals surface area contributed by atoms with Crippen molar-refractivity contribution in [3.8, 4) is 11.3 Å². The lowest BCUT2D eigenvalue weighted by atomic mass is 10.1. The molecule has 4 rings (SSSR count). The predicted molar refractivity (Wildman–Crippen MR) is 116 cm³/mol. The van der Waals surface area contributed by atoms with Gasteiger partial charge in [-0.3, -0.25) is 0 Å². The van der Waals surface area contributed by atoms with Crippen LogP contribution >= 0.6 is 34.5 Å². The fourth-order valence-corrected chi connectivity index (χ4v) is 6.39. The molecule has 4 nitrogen and oxygen atoms in total. The minimum absolute atomic E-state index is 0.305. The topological polar surface area (TPSA) is 50.3 Å². The third-order valence-electron chi connectivity index (χ3n) is 4.94. The number of hydrogen-bond donors (Lipinski definition) is 0. The van der Waals surface area contributed by atoms with Crippen molar-refractivity contribution in [1.29, 1.82) is 0 Å². The van der Waals surface area contributed by atoms with E-state index in [1.165, 1.54) is 23.5 Å². The van der Waals surface area contributed by atoms with Crippen LogP contribution in [0, 0.1) is 5.82 Å². The van der Waals surface area contributed by atoms with E-state index in [1.54, 1.807) is 30.3 Å². The molecule has 0 N–H and O–H groups in total. The van der Waals surface area contributed by atoms with Gasteiger partial charge in [0.05, 0.1) is 15.8 Å². The molecule has 2 heterocycles. The maximum Gasteiger partial charge on any atom is 0.185 e. The second-order valence-electron chi connectivity index (χ2n) is 6.86. The number of aromatic nitrogens is 1. The van der Waals surface area contributed by atoms with Gasteiger partial charge in [-0.25, -0.2) is 17.8 Å². The Kier molecular flexibility index (Phi) is 5.84. The SMILES string of the molecule is O=S(=O)(c1ccc(Cl)cc1)C1CCN(c2nc(-c3cc(F)cc(Cl)c3)cs2)CC1. The average Bonchev–Trinajstić information content (AvgIpc) is 3.18. The van der Waals surface area contributed by atoms with E-state index in [9.17, 15) is 12.8 Å². The summed E-state index contributed by atoms with van der Waals surface area (Å²) in [5.41, 5.74) is 1.28. The number of rotatable bonds is 4. The smallest absolute Gasteiger partial charge is 0.185 e. The van der Waals surface area contributed by atoms with Crippen molar-refractivity contribution < 1.29 is 12.8 Å². The first-order chi connectivity index (χ1) is 13.8. The van der Waals surface area contributed by atoms with E-state index < -0.39 is 20.9 Å². The summed E-state index contributed by atoms with van der Waals surface area (Å²) in [6.45, 7) is 1.18. The molecule has 9 heteroatoms. The Hall–Kier alpha value is -1.67. The first-order valence-corrected chi connectivity index (χ1v) is 12.2. The van der Waals surface area contributed by atoms with Gasteiger partial charge in [-0.1, -0.05) is 23.2 Å². The van der Waals surface area contributed by atoms with Gasteiger partial charge in [0.15, 0.2) is 15.0 Å². The number of benzene rings is 2. The third-order valence-corrected chi connectivity index (χ3v) is 8.59. The highest BCUT2D eigenvalue weighted by Crippen LogP contribution is 2.33. The van der Waals surface area contributed by atoms with Crippen molar-refractivity contribution >= 4 is 49.5 Å². The largest absolute Gasteiger partial charge is 0.348 e. The summed E-state index contributed by atoms with van der Waals surface area (Å²) in [4.78, 5) is 6.97. The zero-order chi connectivity index (χ0) is 20.6. The lowest BCUT2D eigenvalue weighted by Crippen LogP contribution is -2.39. The minimum atomic E-state index is -3.39. The van der Waals surface area contributed by atoms with E-state index in [2.05, 4.69) is 9.88 Å². The van der Waals surface area contributed by atoms with Crippen LogP contribution in [0.5, 0.6) is 0 Å². The van der Waals surface area contributed by atoms with E-state index in [4.69, 9.17) is 23.2 Å². The van der Waals surface area contributed by atoms with Gasteiger partial charge in [0.25, 0.3) is 0 Å². The van der Waals surface area contributed by atoms with E-state index in [0.717, 1.165) is 5.13 Å². The molecule has 1 aliphatic heterocycles. The van der Waals surface area contributed by atoms with Gasteiger partial charge in [0.2, 0.25) is 0 Å². The molecule has 3 aromatic rings. The highest BCUT2D eigenvalue weighted by Gasteiger charge is 2.32. The number of hydrogen-bond acceptors (Lipinski definition) is 5. The van der Waals surface area contributed by atoms with Crippen molar-refractivity contribution in [3.63, 3.8) is 0 Å². The Morgan fingerprint density at radius 1 is 1.03 bits per heavy atom. The molecule has 0 saturated carbocycles. The van der Waals surface area contributed by atoms with Crippen molar-refractivity contribution in [2.75, 3.05) is 18.0 Å². The normalized spacial score (nSPS) is 15.6. The van der Waals surface area contributed by atoms with Gasteiger partial charge < -0.3 is 4.90 Å². The molecular formula is C20H17Cl2FN2O2S2. The number of halogens is 3. The summed E-state index contributed by atoms with van der Waals surface area (Å²) in [5.74, 6) is -0.407. The van der Waals surface area contributed by atoms with Crippen LogP contribution < -0.4 is 4.90 Å². The molecule has 0 atom stereocenters. The quantitative estimate of drug-likeness (QED) is 0.490. The maximum absolute atomic E-state index is 13.6. The van der Waals surface area contributed by atoms with E-state index in [-0.39, 0.29) is 0 Å². The molecule has 1 fully saturated rings. The lowest BCUT2D eigenvalue weighted by molar-refractivity contribution is 0.529. The number of anilines is 1. The van der Waals surface area contributed by atoms with Gasteiger partial charge in [0.1, 0.15) is 5.82 Å². The standard InChI is InChI=1S/C20H17Cl2FN2O2S2/c21-14-1-3-17(4-2-14)29(26,27)18-5-7-25(8-6-18)20-24-19(12-28-20)13-9-15(22)11-16(23)10-13/h1-4,9-12,18H,5-8H2. The number of thiazole rings is 1. The third kappa shape index (κ3) is 4.43. The van der Waals surface area contributed by atoms with Crippen LogP contribution in [0.3, 0.4) is 0 Å². The second kappa shape index (κ2) is 8.22. The van der Waals surface area contributed by atoms with Crippen LogP contribution in [0.1, 0.15) is 12.8 Å². The van der Waals surface area contributed by atoms with Gasteiger partial charge in [0, 0.05) is 34.1 Å². The van der Waals surface area contributed by atoms with Crippen molar-refractivity contribution in [1.82, 2.24) is 4.98 Å². The molecule has 1 saturated heterocycles. The molecule has 29 heavy (non-hydrogen) atoms. The minimum Gasteiger partial charge on any atom is -0.348 e. The molecule has 0 spiro atoms. The van der Waals surface area contributed by atoms with Crippen molar-refractivity contribution in [3.05, 3.63) is 63.7 Å². The van der Waals surface area contributed by atoms with Crippen molar-refractivity contribution in [2.45, 2.75) is 23.0 Å². The Bertz CT molecular complexity index is 1110. The van der Waals surface area contributed by atoms with Crippen LogP contribution in [-0.4, -0.2) is 31.7 Å². The van der Waals surface area contributed by atoms with Gasteiger partial charge in [-0.15, -0.1) is 11.3 Å². The summed E-state index contributed by atoms with van der Waals surface area (Å²) >= 11 is 13.3. The first kappa shape index (κ1) is 20.6. The molecule has 0 amide bonds. The molecule has 2 aromatic carbocycles. The number of sulfone groups is 1. The van der Waals surface area contributed by atoms with Crippen LogP contribution in [0.15, 0.2) is 52.7 Å². The molecule has 152 valence electrons. The van der Waals surface area contributed by atoms with Crippen LogP contribution in [0.4, 0.5) is 9.52 Å². The van der Waals surface area contributed by atoms with Gasteiger partial charge in [-0.05, 0) is 55.3 Å². The summed E-state index contributed by atoms with van der Waals surface area (Å²) < 4.78 is 39.4. The molecule has 1 aromatic heterocycles. The summed E-state index contributed by atoms with van der Waals surface area (Å²) in [6, 6.07) is 10.6. The summed E-state index contributed by atoms with van der Waals surface area (Å²) in [6.07, 6.45) is 1.04. The fourth-order valence-electron chi connectivity index (χ4n) is 3.42. The summed E-state index contributed by atoms with van der Waals surface area (Å²) in [5, 5.41) is 3.06. The molecule has 0 radical (unpaired) electrons. The zero-order valence-corrected chi connectivity index (χ0v) is 18.3. The Morgan fingerprint density at radius 2 is 1.72 bits per heavy atom. The number of nitrogens with zero attached hydrogens (tertiary/aromatic N) is 2. The van der Waals surface area contributed by atoms with Crippen LogP contribution in [0.2, 0.25) is 10.0 Å². The molecular weight excluding hydrogens is 454 g/mol. The van der Waals surface area contributed by atoms with E-state index >= 15 is 0 Å². The second-order valence-corrected chi connectivity index (χ2v) is 10.8. The van der Waals surface area contributed by atoms with Gasteiger partial charge in [-0.2, -0.15) is 0 Å². The van der Waals surface area contributed by atoms with Crippen LogP contribution in [-0.2, 0) is 9.84 Å². The Balaban J connectivity index is 1.46. The maximum atomic E-state index is 13.6. The first-order valence-electron chi connectivity index (χ1n) is 8.99. The predicted octanol–water partition coefficient (Wildman–Crippen LogP) is 5.70. The molecule has 0 aliphatic carbocycles. The lowest BCUT2D eigenvalue weighted by Gasteiger charge is -2.31. The van der Waals surface area contributed by atoms with E-state index in [0.29, 0.717) is 52.1 Å². The molecule has 0 unspecified atom stereocenters. The summed E-state index contributed by atoms with van der Waals surface area (Å²) in [7, 11) is -3.39. The highest BCUT2D eigenvalue weighted by atomic mass is 35.5. The number of piperidine rings is 1. The Labute approximate surface area is 182 Å². The van der Waals surface area contributed by atoms with Gasteiger partial charge >= 0.3 is 0 Å². The fraction of sp³-hybridized carbons (Fsp3) is 0.250. The van der Waals surface area contributed by atoms with Crippen LogP contribution in [0.25, 0.3) is 11.3 Å². The highest BCUT2D eigenvalue weighted by molar-refractivity contribution is 7.92. The van der Waals surface area contributed by atoms with E-state index in [1.807, 2.05) is 5.38 Å². The monoisotopic (exact) mass is 470 g/mol. The molecule has 1 aliphatic rings.